The molecule has 3 heterocycles. The van der Waals surface area contributed by atoms with Crippen LogP contribution >= 0.6 is 11.3 Å². The van der Waals surface area contributed by atoms with Gasteiger partial charge in [-0.15, -0.1) is 11.3 Å². The van der Waals surface area contributed by atoms with E-state index in [0.29, 0.717) is 25.9 Å². The molecule has 5 nitrogen and oxygen atoms in total. The average molecular weight is 371 g/mol. The number of halogens is 3. The van der Waals surface area contributed by atoms with Crippen LogP contribution < -0.4 is 4.74 Å². The maximum absolute atomic E-state index is 12.7. The zero-order chi connectivity index (χ0) is 17.9. The molecule has 9 heteroatoms. The number of nitrogens with zero attached hydrogens (tertiary/aromatic N) is 3. The van der Waals surface area contributed by atoms with Crippen LogP contribution in [0, 0.1) is 0 Å². The first kappa shape index (κ1) is 17.7. The molecule has 1 amide bonds. The Labute approximate surface area is 146 Å². The van der Waals surface area contributed by atoms with E-state index in [1.165, 1.54) is 11.3 Å². The van der Waals surface area contributed by atoms with E-state index in [1.54, 1.807) is 4.90 Å². The number of hydrogen-bond acceptors (Lipinski definition) is 5. The van der Waals surface area contributed by atoms with Crippen LogP contribution in [0.15, 0.2) is 29.8 Å². The summed E-state index contributed by atoms with van der Waals surface area (Å²) in [5.41, 5.74) is -1.04. The molecule has 25 heavy (non-hydrogen) atoms. The van der Waals surface area contributed by atoms with Crippen molar-refractivity contribution in [3.05, 3.63) is 40.3 Å². The molecule has 1 unspecified atom stereocenters. The van der Waals surface area contributed by atoms with Gasteiger partial charge in [-0.3, -0.25) is 4.79 Å². The van der Waals surface area contributed by atoms with Crippen molar-refractivity contribution < 1.29 is 22.7 Å². The lowest BCUT2D eigenvalue weighted by molar-refractivity contribution is -0.141. The van der Waals surface area contributed by atoms with E-state index in [9.17, 15) is 18.0 Å². The summed E-state index contributed by atoms with van der Waals surface area (Å²) in [6.07, 6.45) is -2.25. The fraction of sp³-hybridized carbons (Fsp3) is 0.438. The number of hydrogen-bond donors (Lipinski definition) is 0. The molecular formula is C16H16F3N3O2S. The summed E-state index contributed by atoms with van der Waals surface area (Å²) >= 11 is 1.52. The van der Waals surface area contributed by atoms with Gasteiger partial charge < -0.3 is 9.64 Å². The van der Waals surface area contributed by atoms with E-state index in [-0.39, 0.29) is 11.9 Å². The minimum atomic E-state index is -4.55. The molecule has 1 atom stereocenters. The second-order valence-corrected chi connectivity index (χ2v) is 6.73. The van der Waals surface area contributed by atoms with E-state index in [4.69, 9.17) is 4.74 Å². The summed E-state index contributed by atoms with van der Waals surface area (Å²) in [4.78, 5) is 22.2. The third-order valence-electron chi connectivity index (χ3n) is 3.83. The van der Waals surface area contributed by atoms with Crippen LogP contribution in [0.5, 0.6) is 6.01 Å². The topological polar surface area (TPSA) is 55.3 Å². The SMILES string of the molecule is O=C(Cc1cccs1)N1CCCC(Oc2nccc(C(F)(F)F)n2)C1. The lowest BCUT2D eigenvalue weighted by Crippen LogP contribution is -2.45. The number of ether oxygens (including phenoxy) is 1. The Morgan fingerprint density at radius 2 is 2.24 bits per heavy atom. The number of alkyl halides is 3. The van der Waals surface area contributed by atoms with Crippen molar-refractivity contribution in [1.29, 1.82) is 0 Å². The van der Waals surface area contributed by atoms with Gasteiger partial charge >= 0.3 is 12.2 Å². The molecule has 3 rings (SSSR count). The Morgan fingerprint density at radius 3 is 2.96 bits per heavy atom. The molecule has 1 saturated heterocycles. The van der Waals surface area contributed by atoms with Crippen LogP contribution in [-0.4, -0.2) is 40.0 Å². The molecule has 1 fully saturated rings. The summed E-state index contributed by atoms with van der Waals surface area (Å²) in [7, 11) is 0. The molecule has 0 aliphatic carbocycles. The highest BCUT2D eigenvalue weighted by molar-refractivity contribution is 7.10. The quantitative estimate of drug-likeness (QED) is 0.828. The van der Waals surface area contributed by atoms with E-state index >= 15 is 0 Å². The first-order valence-corrected chi connectivity index (χ1v) is 8.67. The Kier molecular flexibility index (Phi) is 5.22. The highest BCUT2D eigenvalue weighted by atomic mass is 32.1. The van der Waals surface area contributed by atoms with Crippen LogP contribution in [0.2, 0.25) is 0 Å². The molecule has 2 aromatic heterocycles. The molecule has 2 aromatic rings. The van der Waals surface area contributed by atoms with Crippen molar-refractivity contribution in [1.82, 2.24) is 14.9 Å². The second-order valence-electron chi connectivity index (χ2n) is 5.70. The number of thiophene rings is 1. The molecule has 0 bridgehead atoms. The third-order valence-corrected chi connectivity index (χ3v) is 4.71. The summed E-state index contributed by atoms with van der Waals surface area (Å²) in [5, 5.41) is 1.91. The van der Waals surface area contributed by atoms with Crippen molar-refractivity contribution in [2.75, 3.05) is 13.1 Å². The van der Waals surface area contributed by atoms with Crippen molar-refractivity contribution in [3.63, 3.8) is 0 Å². The fourth-order valence-electron chi connectivity index (χ4n) is 2.64. The lowest BCUT2D eigenvalue weighted by Gasteiger charge is -2.32. The van der Waals surface area contributed by atoms with Gasteiger partial charge in [0.15, 0.2) is 5.69 Å². The minimum absolute atomic E-state index is 0.0132. The highest BCUT2D eigenvalue weighted by Crippen LogP contribution is 2.28. The Morgan fingerprint density at radius 1 is 1.40 bits per heavy atom. The number of likely N-dealkylation sites (tertiary alicyclic amines) is 1. The van der Waals surface area contributed by atoms with Gasteiger partial charge in [-0.2, -0.15) is 18.2 Å². The third kappa shape index (κ3) is 4.68. The standard InChI is InChI=1S/C16H16F3N3O2S/c17-16(18,19)13-5-6-20-15(21-13)24-11-3-1-7-22(10-11)14(23)9-12-4-2-8-25-12/h2,4-6,8,11H,1,3,7,9-10H2. The largest absolute Gasteiger partial charge is 0.458 e. The van der Waals surface area contributed by atoms with Gasteiger partial charge in [-0.1, -0.05) is 6.07 Å². The average Bonchev–Trinajstić information content (AvgIpc) is 3.07. The highest BCUT2D eigenvalue weighted by Gasteiger charge is 2.33. The van der Waals surface area contributed by atoms with Gasteiger partial charge in [-0.05, 0) is 30.4 Å². The molecular weight excluding hydrogens is 355 g/mol. The predicted octanol–water partition coefficient (Wildman–Crippen LogP) is 3.17. The number of aromatic nitrogens is 2. The van der Waals surface area contributed by atoms with E-state index in [2.05, 4.69) is 9.97 Å². The summed E-state index contributed by atoms with van der Waals surface area (Å²) in [5.74, 6) is -0.0132. The number of rotatable bonds is 4. The van der Waals surface area contributed by atoms with Gasteiger partial charge in [0.2, 0.25) is 5.91 Å². The van der Waals surface area contributed by atoms with Crippen molar-refractivity contribution in [3.8, 4) is 6.01 Å². The number of amides is 1. The van der Waals surface area contributed by atoms with Crippen LogP contribution in [-0.2, 0) is 17.4 Å². The lowest BCUT2D eigenvalue weighted by atomic mass is 10.1. The van der Waals surface area contributed by atoms with Crippen LogP contribution in [0.4, 0.5) is 13.2 Å². The maximum Gasteiger partial charge on any atom is 0.433 e. The van der Waals surface area contributed by atoms with Crippen molar-refractivity contribution in [2.24, 2.45) is 0 Å². The second kappa shape index (κ2) is 7.38. The molecule has 0 radical (unpaired) electrons. The summed E-state index contributed by atoms with van der Waals surface area (Å²) < 4.78 is 43.6. The monoisotopic (exact) mass is 371 g/mol. The molecule has 0 aromatic carbocycles. The van der Waals surface area contributed by atoms with Gasteiger partial charge in [0.05, 0.1) is 13.0 Å². The van der Waals surface area contributed by atoms with Gasteiger partial charge in [-0.25, -0.2) is 4.98 Å². The first-order chi connectivity index (χ1) is 11.9. The summed E-state index contributed by atoms with van der Waals surface area (Å²) in [6.45, 7) is 0.942. The van der Waals surface area contributed by atoms with Crippen molar-refractivity contribution >= 4 is 17.2 Å². The molecule has 0 spiro atoms. The Bertz CT molecular complexity index is 722. The van der Waals surface area contributed by atoms with Gasteiger partial charge in [0.25, 0.3) is 0 Å². The fourth-order valence-corrected chi connectivity index (χ4v) is 3.34. The van der Waals surface area contributed by atoms with Crippen LogP contribution in [0.1, 0.15) is 23.4 Å². The van der Waals surface area contributed by atoms with E-state index < -0.39 is 18.0 Å². The Hall–Kier alpha value is -2.16. The Balaban J connectivity index is 1.61. The smallest absolute Gasteiger partial charge is 0.433 e. The molecule has 134 valence electrons. The number of piperidine rings is 1. The zero-order valence-corrected chi connectivity index (χ0v) is 14.0. The van der Waals surface area contributed by atoms with E-state index in [1.807, 2.05) is 17.5 Å². The van der Waals surface area contributed by atoms with Crippen molar-refractivity contribution in [2.45, 2.75) is 31.5 Å². The molecule has 0 N–H and O–H groups in total. The molecule has 0 saturated carbocycles. The number of carbonyl (C=O) groups is 1. The van der Waals surface area contributed by atoms with Crippen LogP contribution in [0.25, 0.3) is 0 Å². The van der Waals surface area contributed by atoms with Crippen LogP contribution in [0.3, 0.4) is 0 Å². The zero-order valence-electron chi connectivity index (χ0n) is 13.2. The number of carbonyl (C=O) groups excluding carboxylic acids is 1. The first-order valence-electron chi connectivity index (χ1n) is 7.79. The van der Waals surface area contributed by atoms with E-state index in [0.717, 1.165) is 23.6 Å². The summed E-state index contributed by atoms with van der Waals surface area (Å²) in [6, 6.07) is 4.27. The molecule has 1 aliphatic rings. The normalized spacial score (nSPS) is 18.2. The van der Waals surface area contributed by atoms with Gasteiger partial charge in [0.1, 0.15) is 6.10 Å². The maximum atomic E-state index is 12.7. The van der Waals surface area contributed by atoms with Gasteiger partial charge in [0, 0.05) is 17.6 Å². The predicted molar refractivity (Wildman–Crippen MR) is 85.3 cm³/mol. The minimum Gasteiger partial charge on any atom is -0.458 e. The molecule has 1 aliphatic heterocycles.